The molecule has 0 radical (unpaired) electrons. The second kappa shape index (κ2) is 10.9. The maximum absolute atomic E-state index is 12.4. The predicted molar refractivity (Wildman–Crippen MR) is 122 cm³/mol. The van der Waals surface area contributed by atoms with Crippen LogP contribution in [0.2, 0.25) is 0 Å². The van der Waals surface area contributed by atoms with Crippen molar-refractivity contribution in [3.05, 3.63) is 0 Å². The molecule has 0 aromatic heterocycles. The molecule has 0 fully saturated rings. The van der Waals surface area contributed by atoms with E-state index in [2.05, 4.69) is 42.5 Å². The van der Waals surface area contributed by atoms with Crippen molar-refractivity contribution in [2.24, 2.45) is 10.8 Å². The molecule has 174 valence electrons. The molecule has 0 rings (SSSR count). The number of ether oxygens (including phenoxy) is 2. The molecular weight excluding hydrogens is 524 g/mol. The second-order valence-corrected chi connectivity index (χ2v) is 13.3. The van der Waals surface area contributed by atoms with Gasteiger partial charge in [0.1, 0.15) is 21.9 Å². The van der Waals surface area contributed by atoms with Crippen molar-refractivity contribution in [3.63, 3.8) is 0 Å². The number of nitrogens with one attached hydrogen (secondary N) is 2. The Kier molecular flexibility index (Phi) is 10.5. The summed E-state index contributed by atoms with van der Waals surface area (Å²) in [6.45, 7) is 13.6. The smallest absolute Gasteiger partial charge is 0.322 e. The minimum Gasteiger partial charge on any atom is -0.464 e. The zero-order valence-corrected chi connectivity index (χ0v) is 22.2. The summed E-state index contributed by atoms with van der Waals surface area (Å²) in [5.41, 5.74) is -1.85. The van der Waals surface area contributed by atoms with Crippen molar-refractivity contribution in [1.82, 2.24) is 10.6 Å². The lowest BCUT2D eigenvalue weighted by Gasteiger charge is -2.26. The van der Waals surface area contributed by atoms with Crippen LogP contribution in [0.1, 0.15) is 55.4 Å². The highest BCUT2D eigenvalue weighted by molar-refractivity contribution is 9.10. The Morgan fingerprint density at radius 1 is 0.633 bits per heavy atom. The number of amides is 2. The molecule has 8 nitrogen and oxygen atoms in total. The molecule has 0 saturated carbocycles. The predicted octanol–water partition coefficient (Wildman–Crippen LogP) is 2.70. The van der Waals surface area contributed by atoms with Gasteiger partial charge in [-0.25, -0.2) is 0 Å². The summed E-state index contributed by atoms with van der Waals surface area (Å²) in [4.78, 5) is 48.4. The maximum atomic E-state index is 12.4. The average Bonchev–Trinajstić information content (AvgIpc) is 2.58. The van der Waals surface area contributed by atoms with Crippen molar-refractivity contribution < 1.29 is 28.7 Å². The van der Waals surface area contributed by atoms with E-state index in [0.29, 0.717) is 0 Å². The molecule has 0 heterocycles. The topological polar surface area (TPSA) is 111 Å². The quantitative estimate of drug-likeness (QED) is 0.229. The largest absolute Gasteiger partial charge is 0.464 e. The monoisotopic (exact) mass is 556 g/mol. The van der Waals surface area contributed by atoms with Gasteiger partial charge in [-0.05, 0) is 55.4 Å². The molecule has 0 spiro atoms. The molecule has 0 aliphatic heterocycles. The molecule has 0 aliphatic carbocycles. The fourth-order valence-corrected chi connectivity index (χ4v) is 2.03. The number of rotatable bonds is 11. The number of alkyl halides is 2. The Morgan fingerprint density at radius 3 is 1.13 bits per heavy atom. The molecule has 0 aromatic rings. The van der Waals surface area contributed by atoms with E-state index >= 15 is 0 Å². The van der Waals surface area contributed by atoms with E-state index in [-0.39, 0.29) is 38.1 Å². The first kappa shape index (κ1) is 28.8. The first-order valence-corrected chi connectivity index (χ1v) is 11.2. The highest BCUT2D eigenvalue weighted by atomic mass is 79.9. The van der Waals surface area contributed by atoms with E-state index in [1.54, 1.807) is 55.4 Å². The Bertz CT molecular complexity index is 593. The summed E-state index contributed by atoms with van der Waals surface area (Å²) in [6.07, 6.45) is 0. The van der Waals surface area contributed by atoms with Gasteiger partial charge in [0.05, 0.1) is 10.8 Å². The van der Waals surface area contributed by atoms with Gasteiger partial charge in [-0.15, -0.1) is 0 Å². The van der Waals surface area contributed by atoms with Crippen LogP contribution in [-0.2, 0) is 28.7 Å². The standard InChI is InChI=1S/C20H34Br2N2O6/c1-17(2,11-29-15(27)19(5,6)21)13(25)23-9-10-24-14(26)18(3,4)12-30-16(28)20(7,8)22/h9-12H2,1-8H3,(H,23,25)(H,24,26). The minimum absolute atomic E-state index is 0.0681. The van der Waals surface area contributed by atoms with E-state index in [9.17, 15) is 19.2 Å². The highest BCUT2D eigenvalue weighted by Crippen LogP contribution is 2.22. The van der Waals surface area contributed by atoms with Gasteiger partial charge in [-0.3, -0.25) is 19.2 Å². The number of carbonyl (C=O) groups excluding carboxylic acids is 4. The zero-order chi connectivity index (χ0) is 24.0. The summed E-state index contributed by atoms with van der Waals surface area (Å²) >= 11 is 6.43. The molecule has 0 saturated heterocycles. The Labute approximate surface area is 195 Å². The van der Waals surface area contributed by atoms with Gasteiger partial charge in [-0.2, -0.15) is 0 Å². The zero-order valence-electron chi connectivity index (χ0n) is 19.0. The molecule has 0 atom stereocenters. The summed E-state index contributed by atoms with van der Waals surface area (Å²) in [5.74, 6) is -1.52. The first-order chi connectivity index (χ1) is 13.3. The van der Waals surface area contributed by atoms with Gasteiger partial charge < -0.3 is 20.1 Å². The third-order valence-electron chi connectivity index (χ3n) is 4.02. The lowest BCUT2D eigenvalue weighted by atomic mass is 9.93. The van der Waals surface area contributed by atoms with Crippen LogP contribution in [0.5, 0.6) is 0 Å². The molecule has 2 amide bonds. The van der Waals surface area contributed by atoms with Gasteiger partial charge in [0.25, 0.3) is 0 Å². The Balaban J connectivity index is 4.42. The summed E-state index contributed by atoms with van der Waals surface area (Å²) < 4.78 is 8.73. The lowest BCUT2D eigenvalue weighted by Crippen LogP contribution is -2.46. The fourth-order valence-electron chi connectivity index (χ4n) is 1.80. The van der Waals surface area contributed by atoms with Crippen LogP contribution in [0.4, 0.5) is 0 Å². The van der Waals surface area contributed by atoms with Crippen LogP contribution in [-0.4, -0.2) is 58.7 Å². The fraction of sp³-hybridized carbons (Fsp3) is 0.800. The van der Waals surface area contributed by atoms with Crippen molar-refractivity contribution in [2.45, 2.75) is 64.0 Å². The van der Waals surface area contributed by atoms with Gasteiger partial charge in [0.2, 0.25) is 11.8 Å². The van der Waals surface area contributed by atoms with Crippen molar-refractivity contribution in [3.8, 4) is 0 Å². The van der Waals surface area contributed by atoms with Crippen LogP contribution in [0, 0.1) is 10.8 Å². The maximum Gasteiger partial charge on any atom is 0.322 e. The molecule has 30 heavy (non-hydrogen) atoms. The van der Waals surface area contributed by atoms with E-state index in [0.717, 1.165) is 0 Å². The Morgan fingerprint density at radius 2 is 0.900 bits per heavy atom. The molecule has 2 N–H and O–H groups in total. The Hall–Kier alpha value is -1.16. The SMILES string of the molecule is CC(C)(Br)C(=O)OCC(C)(C)C(=O)NCCNC(=O)C(C)(C)COC(=O)C(C)(C)Br. The van der Waals surface area contributed by atoms with Crippen LogP contribution >= 0.6 is 31.9 Å². The van der Waals surface area contributed by atoms with Gasteiger partial charge in [0, 0.05) is 13.1 Å². The normalized spacial score (nSPS) is 12.7. The summed E-state index contributed by atoms with van der Waals surface area (Å²) in [7, 11) is 0. The third-order valence-corrected chi connectivity index (χ3v) is 4.67. The molecule has 0 aromatic carbocycles. The lowest BCUT2D eigenvalue weighted by molar-refractivity contribution is -0.152. The number of hydrogen-bond acceptors (Lipinski definition) is 6. The third kappa shape index (κ3) is 10.2. The average molecular weight is 558 g/mol. The highest BCUT2D eigenvalue weighted by Gasteiger charge is 2.34. The van der Waals surface area contributed by atoms with Gasteiger partial charge in [-0.1, -0.05) is 31.9 Å². The van der Waals surface area contributed by atoms with Gasteiger partial charge in [0.15, 0.2) is 0 Å². The van der Waals surface area contributed by atoms with E-state index in [1.807, 2.05) is 0 Å². The van der Waals surface area contributed by atoms with E-state index < -0.39 is 31.4 Å². The molecule has 0 aliphatic rings. The summed E-state index contributed by atoms with van der Waals surface area (Å²) in [5, 5.41) is 5.43. The van der Waals surface area contributed by atoms with Crippen LogP contribution in [0.3, 0.4) is 0 Å². The first-order valence-electron chi connectivity index (χ1n) is 9.59. The van der Waals surface area contributed by atoms with Crippen molar-refractivity contribution in [2.75, 3.05) is 26.3 Å². The van der Waals surface area contributed by atoms with Crippen molar-refractivity contribution >= 4 is 55.6 Å². The van der Waals surface area contributed by atoms with Crippen molar-refractivity contribution in [1.29, 1.82) is 0 Å². The number of carbonyl (C=O) groups is 4. The summed E-state index contributed by atoms with van der Waals surface area (Å²) in [6, 6.07) is 0. The number of halogens is 2. The minimum atomic E-state index is -0.923. The van der Waals surface area contributed by atoms with Crippen LogP contribution in [0.25, 0.3) is 0 Å². The van der Waals surface area contributed by atoms with E-state index in [4.69, 9.17) is 9.47 Å². The second-order valence-electron chi connectivity index (χ2n) is 9.38. The van der Waals surface area contributed by atoms with Gasteiger partial charge >= 0.3 is 11.9 Å². The molecule has 10 heteroatoms. The number of esters is 2. The van der Waals surface area contributed by atoms with Crippen LogP contribution < -0.4 is 10.6 Å². The van der Waals surface area contributed by atoms with Crippen LogP contribution in [0.15, 0.2) is 0 Å². The molecule has 0 unspecified atom stereocenters. The number of hydrogen-bond donors (Lipinski definition) is 2. The molecule has 0 bridgehead atoms. The van der Waals surface area contributed by atoms with E-state index in [1.165, 1.54) is 0 Å². The molecular formula is C20H34Br2N2O6.